The zero-order valence-corrected chi connectivity index (χ0v) is 12.9. The summed E-state index contributed by atoms with van der Waals surface area (Å²) in [5.41, 5.74) is 6.32. The first-order chi connectivity index (χ1) is 8.95. The smallest absolute Gasteiger partial charge is 0.0546 e. The SMILES string of the molecule is CC(C)C1CCC(N)C(CN(C)CC2CC(O)C2)C1. The molecule has 0 radical (unpaired) electrons. The molecule has 0 spiro atoms. The summed E-state index contributed by atoms with van der Waals surface area (Å²) in [5, 5.41) is 9.35. The number of rotatable bonds is 5. The van der Waals surface area contributed by atoms with Crippen LogP contribution in [0.2, 0.25) is 0 Å². The van der Waals surface area contributed by atoms with Crippen molar-refractivity contribution in [3.05, 3.63) is 0 Å². The van der Waals surface area contributed by atoms with Crippen molar-refractivity contribution in [2.45, 2.75) is 58.1 Å². The Morgan fingerprint density at radius 3 is 2.42 bits per heavy atom. The molecular weight excluding hydrogens is 236 g/mol. The fourth-order valence-corrected chi connectivity index (χ4v) is 3.90. The van der Waals surface area contributed by atoms with Gasteiger partial charge in [-0.3, -0.25) is 0 Å². The van der Waals surface area contributed by atoms with Crippen LogP contribution in [0.5, 0.6) is 0 Å². The van der Waals surface area contributed by atoms with Crippen molar-refractivity contribution in [2.75, 3.05) is 20.1 Å². The molecule has 2 rings (SSSR count). The standard InChI is InChI=1S/C16H32N2O/c1-11(2)13-4-5-16(17)14(8-13)10-18(3)9-12-6-15(19)7-12/h11-16,19H,4-10,17H2,1-3H3. The summed E-state index contributed by atoms with van der Waals surface area (Å²) in [6.45, 7) is 6.96. The predicted molar refractivity (Wildman–Crippen MR) is 79.9 cm³/mol. The Kier molecular flexibility index (Phi) is 5.27. The summed E-state index contributed by atoms with van der Waals surface area (Å²) in [5.74, 6) is 3.03. The van der Waals surface area contributed by atoms with Gasteiger partial charge in [-0.25, -0.2) is 0 Å². The van der Waals surface area contributed by atoms with Crippen LogP contribution in [0.15, 0.2) is 0 Å². The molecule has 0 amide bonds. The zero-order chi connectivity index (χ0) is 14.0. The van der Waals surface area contributed by atoms with E-state index in [2.05, 4.69) is 25.8 Å². The first kappa shape index (κ1) is 15.3. The molecule has 19 heavy (non-hydrogen) atoms. The number of aliphatic hydroxyl groups is 1. The fraction of sp³-hybridized carbons (Fsp3) is 1.00. The molecule has 0 heterocycles. The third kappa shape index (κ3) is 4.17. The van der Waals surface area contributed by atoms with Crippen LogP contribution >= 0.6 is 0 Å². The van der Waals surface area contributed by atoms with E-state index in [0.29, 0.717) is 17.9 Å². The van der Waals surface area contributed by atoms with E-state index in [1.165, 1.54) is 19.3 Å². The normalized spacial score (nSPS) is 39.6. The molecule has 2 fully saturated rings. The molecule has 2 saturated carbocycles. The zero-order valence-electron chi connectivity index (χ0n) is 12.9. The van der Waals surface area contributed by atoms with E-state index in [-0.39, 0.29) is 6.10 Å². The fourth-order valence-electron chi connectivity index (χ4n) is 3.90. The van der Waals surface area contributed by atoms with E-state index >= 15 is 0 Å². The largest absolute Gasteiger partial charge is 0.393 e. The number of hydrogen-bond donors (Lipinski definition) is 2. The number of aliphatic hydroxyl groups excluding tert-OH is 1. The van der Waals surface area contributed by atoms with Crippen molar-refractivity contribution in [2.24, 2.45) is 29.4 Å². The quantitative estimate of drug-likeness (QED) is 0.803. The van der Waals surface area contributed by atoms with Crippen molar-refractivity contribution >= 4 is 0 Å². The monoisotopic (exact) mass is 268 g/mol. The van der Waals surface area contributed by atoms with Crippen molar-refractivity contribution in [1.82, 2.24) is 4.90 Å². The topological polar surface area (TPSA) is 49.5 Å². The minimum atomic E-state index is -0.0272. The highest BCUT2D eigenvalue weighted by Gasteiger charge is 2.32. The van der Waals surface area contributed by atoms with E-state index in [1.54, 1.807) is 0 Å². The lowest BCUT2D eigenvalue weighted by Gasteiger charge is -2.40. The van der Waals surface area contributed by atoms with Gasteiger partial charge in [0.15, 0.2) is 0 Å². The van der Waals surface area contributed by atoms with E-state index < -0.39 is 0 Å². The predicted octanol–water partition coefficient (Wildman–Crippen LogP) is 2.09. The van der Waals surface area contributed by atoms with Gasteiger partial charge in [0, 0.05) is 19.1 Å². The van der Waals surface area contributed by atoms with Crippen LogP contribution in [0.4, 0.5) is 0 Å². The van der Waals surface area contributed by atoms with Crippen LogP contribution in [0.25, 0.3) is 0 Å². The Morgan fingerprint density at radius 2 is 1.84 bits per heavy atom. The number of nitrogens with zero attached hydrogens (tertiary/aromatic N) is 1. The lowest BCUT2D eigenvalue weighted by molar-refractivity contribution is 0.0236. The lowest BCUT2D eigenvalue weighted by Crippen LogP contribution is -2.45. The highest BCUT2D eigenvalue weighted by Crippen LogP contribution is 2.34. The Labute approximate surface area is 118 Å². The Balaban J connectivity index is 1.76. The maximum absolute atomic E-state index is 9.35. The van der Waals surface area contributed by atoms with Crippen molar-refractivity contribution in [3.63, 3.8) is 0 Å². The second-order valence-electron chi connectivity index (χ2n) is 7.45. The molecule has 3 N–H and O–H groups in total. The van der Waals surface area contributed by atoms with E-state index in [0.717, 1.165) is 37.8 Å². The minimum absolute atomic E-state index is 0.0272. The van der Waals surface area contributed by atoms with Crippen molar-refractivity contribution < 1.29 is 5.11 Å². The third-order valence-corrected chi connectivity index (χ3v) is 5.35. The van der Waals surface area contributed by atoms with Gasteiger partial charge in [-0.15, -0.1) is 0 Å². The number of nitrogens with two attached hydrogens (primary N) is 1. The molecule has 3 atom stereocenters. The van der Waals surface area contributed by atoms with Gasteiger partial charge in [0.1, 0.15) is 0 Å². The number of hydrogen-bond acceptors (Lipinski definition) is 3. The van der Waals surface area contributed by atoms with Gasteiger partial charge < -0.3 is 15.7 Å². The Hall–Kier alpha value is -0.120. The van der Waals surface area contributed by atoms with Crippen LogP contribution in [-0.4, -0.2) is 42.3 Å². The van der Waals surface area contributed by atoms with Gasteiger partial charge in [-0.05, 0) is 62.8 Å². The highest BCUT2D eigenvalue weighted by molar-refractivity contribution is 4.86. The lowest BCUT2D eigenvalue weighted by atomic mass is 9.73. The maximum Gasteiger partial charge on any atom is 0.0546 e. The molecule has 3 nitrogen and oxygen atoms in total. The molecule has 0 aromatic heterocycles. The van der Waals surface area contributed by atoms with Gasteiger partial charge >= 0.3 is 0 Å². The molecule has 112 valence electrons. The Bertz CT molecular complexity index is 276. The van der Waals surface area contributed by atoms with E-state index in [4.69, 9.17) is 5.73 Å². The molecule has 0 aliphatic heterocycles. The van der Waals surface area contributed by atoms with Crippen LogP contribution in [0.3, 0.4) is 0 Å². The third-order valence-electron chi connectivity index (χ3n) is 5.35. The second kappa shape index (κ2) is 6.55. The summed E-state index contributed by atoms with van der Waals surface area (Å²) in [6.07, 6.45) is 5.78. The van der Waals surface area contributed by atoms with Gasteiger partial charge in [-0.1, -0.05) is 13.8 Å². The van der Waals surface area contributed by atoms with Gasteiger partial charge in [0.2, 0.25) is 0 Å². The van der Waals surface area contributed by atoms with Crippen LogP contribution in [0, 0.1) is 23.7 Å². The summed E-state index contributed by atoms with van der Waals surface area (Å²) in [7, 11) is 2.22. The molecule has 3 heteroatoms. The van der Waals surface area contributed by atoms with Crippen molar-refractivity contribution in [3.8, 4) is 0 Å². The average molecular weight is 268 g/mol. The van der Waals surface area contributed by atoms with Gasteiger partial charge in [-0.2, -0.15) is 0 Å². The highest BCUT2D eigenvalue weighted by atomic mass is 16.3. The first-order valence-corrected chi connectivity index (χ1v) is 8.08. The summed E-state index contributed by atoms with van der Waals surface area (Å²) < 4.78 is 0. The molecule has 0 bridgehead atoms. The molecule has 3 unspecified atom stereocenters. The maximum atomic E-state index is 9.35. The summed E-state index contributed by atoms with van der Waals surface area (Å²) in [6, 6.07) is 0.393. The summed E-state index contributed by atoms with van der Waals surface area (Å²) in [4.78, 5) is 2.45. The van der Waals surface area contributed by atoms with Crippen molar-refractivity contribution in [1.29, 1.82) is 0 Å². The van der Waals surface area contributed by atoms with E-state index in [1.807, 2.05) is 0 Å². The van der Waals surface area contributed by atoms with Crippen LogP contribution in [0.1, 0.15) is 46.0 Å². The average Bonchev–Trinajstić information content (AvgIpc) is 2.29. The molecular formula is C16H32N2O. The second-order valence-corrected chi connectivity index (χ2v) is 7.45. The molecule has 2 aliphatic carbocycles. The summed E-state index contributed by atoms with van der Waals surface area (Å²) >= 11 is 0. The van der Waals surface area contributed by atoms with Gasteiger partial charge in [0.05, 0.1) is 6.10 Å². The van der Waals surface area contributed by atoms with Crippen LogP contribution < -0.4 is 5.73 Å². The molecule has 0 saturated heterocycles. The molecule has 2 aliphatic rings. The minimum Gasteiger partial charge on any atom is -0.393 e. The first-order valence-electron chi connectivity index (χ1n) is 8.08. The van der Waals surface area contributed by atoms with Crippen LogP contribution in [-0.2, 0) is 0 Å². The molecule has 0 aromatic carbocycles. The van der Waals surface area contributed by atoms with Gasteiger partial charge in [0.25, 0.3) is 0 Å². The molecule has 0 aromatic rings. The van der Waals surface area contributed by atoms with E-state index in [9.17, 15) is 5.11 Å². The Morgan fingerprint density at radius 1 is 1.16 bits per heavy atom.